The van der Waals surface area contributed by atoms with Gasteiger partial charge in [0.05, 0.1) is 0 Å². The van der Waals surface area contributed by atoms with Crippen molar-refractivity contribution in [2.24, 2.45) is 0 Å². The van der Waals surface area contributed by atoms with Crippen molar-refractivity contribution in [3.05, 3.63) is 40.3 Å². The first-order valence-corrected chi connectivity index (χ1v) is 3.78. The van der Waals surface area contributed by atoms with Crippen molar-refractivity contribution >= 4 is 24.5 Å². The van der Waals surface area contributed by atoms with Crippen molar-refractivity contribution in [2.75, 3.05) is 0 Å². The molecule has 1 aliphatic rings. The van der Waals surface area contributed by atoms with Crippen LogP contribution in [-0.2, 0) is 4.79 Å². The van der Waals surface area contributed by atoms with Gasteiger partial charge in [-0.15, -0.1) is 0 Å². The second kappa shape index (κ2) is 2.45. The molecule has 0 amide bonds. The second-order valence-corrected chi connectivity index (χ2v) is 2.79. The molecule has 0 bridgehead atoms. The van der Waals surface area contributed by atoms with E-state index in [2.05, 4.69) is 6.58 Å². The summed E-state index contributed by atoms with van der Waals surface area (Å²) < 4.78 is 0. The van der Waals surface area contributed by atoms with Crippen LogP contribution in [0.15, 0.2) is 24.3 Å². The number of carbonyl (C=O) groups is 1. The molecule has 0 fully saturated rings. The van der Waals surface area contributed by atoms with E-state index in [1.54, 1.807) is 0 Å². The second-order valence-electron chi connectivity index (χ2n) is 2.79. The number of fused-ring (bicyclic) bond motifs is 1. The van der Waals surface area contributed by atoms with Crippen molar-refractivity contribution < 1.29 is 4.79 Å². The molecule has 0 aliphatic heterocycles. The quantitative estimate of drug-likeness (QED) is 0.540. The predicted octanol–water partition coefficient (Wildman–Crippen LogP) is 0.473. The zero-order valence-corrected chi connectivity index (χ0v) is 6.58. The summed E-state index contributed by atoms with van der Waals surface area (Å²) >= 11 is 0. The van der Waals surface area contributed by atoms with E-state index in [9.17, 15) is 4.79 Å². The fourth-order valence-electron chi connectivity index (χ4n) is 1.47. The highest BCUT2D eigenvalue weighted by molar-refractivity contribution is 6.07. The molecule has 0 saturated carbocycles. The Hall–Kier alpha value is -1.63. The molecule has 1 heteroatoms. The van der Waals surface area contributed by atoms with Crippen LogP contribution in [0.3, 0.4) is 0 Å². The Bertz CT molecular complexity index is 466. The van der Waals surface area contributed by atoms with E-state index in [1.165, 1.54) is 0 Å². The van der Waals surface area contributed by atoms with Crippen LogP contribution in [0.25, 0.3) is 18.2 Å². The molecule has 1 aromatic carbocycles. The molecule has 1 aliphatic carbocycles. The maximum atomic E-state index is 10.6. The number of rotatable bonds is 1. The summed E-state index contributed by atoms with van der Waals surface area (Å²) in [4.78, 5) is 10.6. The van der Waals surface area contributed by atoms with E-state index in [0.717, 1.165) is 27.9 Å². The molecule has 0 atom stereocenters. The minimum atomic E-state index is 0.732. The Morgan fingerprint density at radius 1 is 1.25 bits per heavy atom. The van der Waals surface area contributed by atoms with Crippen molar-refractivity contribution in [3.63, 3.8) is 0 Å². The summed E-state index contributed by atoms with van der Waals surface area (Å²) in [6, 6.07) is 5.84. The van der Waals surface area contributed by atoms with E-state index in [1.807, 2.05) is 30.4 Å². The van der Waals surface area contributed by atoms with Gasteiger partial charge in [-0.05, 0) is 16.0 Å². The Labute approximate surface area is 70.3 Å². The topological polar surface area (TPSA) is 17.1 Å². The fraction of sp³-hybridized carbons (Fsp3) is 0. The van der Waals surface area contributed by atoms with Gasteiger partial charge in [0.1, 0.15) is 0 Å². The van der Waals surface area contributed by atoms with E-state index in [-0.39, 0.29) is 0 Å². The summed E-state index contributed by atoms with van der Waals surface area (Å²) in [5.41, 5.74) is 1.82. The maximum Gasteiger partial charge on any atom is 0.150 e. The molecule has 2 rings (SSSR count). The number of aldehydes is 1. The Balaban J connectivity index is 2.99. The lowest BCUT2D eigenvalue weighted by atomic mass is 10.1. The molecule has 1 nitrogen and oxygen atoms in total. The number of allylic oxidation sites excluding steroid dienone is 1. The monoisotopic (exact) mass is 156 g/mol. The molecule has 0 spiro atoms. The first-order valence-electron chi connectivity index (χ1n) is 3.78. The molecule has 0 aromatic heterocycles. The molecular formula is C11H8O. The van der Waals surface area contributed by atoms with Crippen LogP contribution in [-0.4, -0.2) is 6.29 Å². The Morgan fingerprint density at radius 2 is 2.08 bits per heavy atom. The van der Waals surface area contributed by atoms with Gasteiger partial charge in [-0.2, -0.15) is 0 Å². The molecule has 0 saturated heterocycles. The number of benzene rings is 1. The van der Waals surface area contributed by atoms with Crippen molar-refractivity contribution in [3.8, 4) is 0 Å². The van der Waals surface area contributed by atoms with Crippen LogP contribution in [0.4, 0.5) is 0 Å². The summed E-state index contributed by atoms with van der Waals surface area (Å²) in [5, 5.41) is 1.90. The third kappa shape index (κ3) is 0.832. The first-order chi connectivity index (χ1) is 5.83. The zero-order chi connectivity index (χ0) is 8.55. The highest BCUT2D eigenvalue weighted by Gasteiger charge is 2.03. The van der Waals surface area contributed by atoms with E-state index in [0.29, 0.717) is 0 Å². The van der Waals surface area contributed by atoms with Gasteiger partial charge in [0.2, 0.25) is 0 Å². The predicted molar refractivity (Wildman–Crippen MR) is 49.7 cm³/mol. The van der Waals surface area contributed by atoms with Gasteiger partial charge >= 0.3 is 0 Å². The third-order valence-corrected chi connectivity index (χ3v) is 2.04. The van der Waals surface area contributed by atoms with Crippen LogP contribution < -0.4 is 10.4 Å². The Kier molecular flexibility index (Phi) is 1.44. The van der Waals surface area contributed by atoms with Crippen LogP contribution in [0.2, 0.25) is 0 Å². The summed E-state index contributed by atoms with van der Waals surface area (Å²) in [6.07, 6.45) is 4.64. The molecule has 0 unspecified atom stereocenters. The molecular weight excluding hydrogens is 148 g/mol. The summed E-state index contributed by atoms with van der Waals surface area (Å²) in [6.45, 7) is 3.87. The fourth-order valence-corrected chi connectivity index (χ4v) is 1.47. The van der Waals surface area contributed by atoms with Gasteiger partial charge < -0.3 is 0 Å². The number of hydrogen-bond acceptors (Lipinski definition) is 1. The normalized spacial score (nSPS) is 13.2. The molecule has 12 heavy (non-hydrogen) atoms. The van der Waals surface area contributed by atoms with Gasteiger partial charge in [0, 0.05) is 5.57 Å². The van der Waals surface area contributed by atoms with E-state index in [4.69, 9.17) is 0 Å². The van der Waals surface area contributed by atoms with Crippen LogP contribution in [0.1, 0.15) is 5.56 Å². The summed E-state index contributed by atoms with van der Waals surface area (Å²) in [5.74, 6) is 0. The molecule has 0 heterocycles. The molecule has 58 valence electrons. The third-order valence-electron chi connectivity index (χ3n) is 2.04. The first kappa shape index (κ1) is 7.04. The maximum absolute atomic E-state index is 10.6. The van der Waals surface area contributed by atoms with Crippen molar-refractivity contribution in [1.29, 1.82) is 0 Å². The molecule has 1 aromatic rings. The van der Waals surface area contributed by atoms with Gasteiger partial charge in [0.25, 0.3) is 0 Å². The van der Waals surface area contributed by atoms with Crippen molar-refractivity contribution in [1.82, 2.24) is 0 Å². The highest BCUT2D eigenvalue weighted by Crippen LogP contribution is 2.05. The minimum absolute atomic E-state index is 0.732. The largest absolute Gasteiger partial charge is 0.298 e. The zero-order valence-electron chi connectivity index (χ0n) is 6.58. The van der Waals surface area contributed by atoms with Gasteiger partial charge in [-0.1, -0.05) is 36.9 Å². The minimum Gasteiger partial charge on any atom is -0.298 e. The SMILES string of the molecule is C=c1cccc2c1=C(C=O)C=C2. The van der Waals surface area contributed by atoms with Crippen LogP contribution >= 0.6 is 0 Å². The average molecular weight is 156 g/mol. The highest BCUT2D eigenvalue weighted by atomic mass is 16.1. The lowest BCUT2D eigenvalue weighted by molar-refractivity contribution is -0.103. The van der Waals surface area contributed by atoms with E-state index >= 15 is 0 Å². The van der Waals surface area contributed by atoms with Crippen molar-refractivity contribution in [2.45, 2.75) is 0 Å². The summed E-state index contributed by atoms with van der Waals surface area (Å²) in [7, 11) is 0. The number of carbonyl (C=O) groups excluding carboxylic acids is 1. The van der Waals surface area contributed by atoms with Gasteiger partial charge in [0.15, 0.2) is 6.29 Å². The van der Waals surface area contributed by atoms with Gasteiger partial charge in [-0.25, -0.2) is 0 Å². The Morgan fingerprint density at radius 3 is 2.83 bits per heavy atom. The molecule has 0 N–H and O–H groups in total. The smallest absolute Gasteiger partial charge is 0.150 e. The van der Waals surface area contributed by atoms with E-state index < -0.39 is 0 Å². The lowest BCUT2D eigenvalue weighted by Crippen LogP contribution is -2.26. The van der Waals surface area contributed by atoms with Gasteiger partial charge in [-0.3, -0.25) is 4.79 Å². The average Bonchev–Trinajstić information content (AvgIpc) is 2.49. The standard InChI is InChI=1S/C11H8O/c1-8-3-2-4-9-5-6-10(7-12)11(8)9/h2-7H,1H2. The molecule has 0 radical (unpaired) electrons. The van der Waals surface area contributed by atoms with Crippen LogP contribution in [0.5, 0.6) is 0 Å². The number of hydrogen-bond donors (Lipinski definition) is 0. The van der Waals surface area contributed by atoms with Crippen LogP contribution in [0, 0.1) is 0 Å². The lowest BCUT2D eigenvalue weighted by Gasteiger charge is -1.91.